The average molecular weight is 485 g/mol. The molecule has 0 spiro atoms. The van der Waals surface area contributed by atoms with Crippen molar-refractivity contribution in [3.05, 3.63) is 65.9 Å². The van der Waals surface area contributed by atoms with Crippen molar-refractivity contribution in [3.8, 4) is 22.9 Å². The zero-order chi connectivity index (χ0) is 25.2. The molecule has 35 heavy (non-hydrogen) atoms. The third kappa shape index (κ3) is 5.51. The number of anilines is 1. The molecule has 1 fully saturated rings. The van der Waals surface area contributed by atoms with Gasteiger partial charge in [-0.25, -0.2) is 9.97 Å². The predicted octanol–water partition coefficient (Wildman–Crippen LogP) is 3.90. The molecule has 1 unspecified atom stereocenters. The minimum absolute atomic E-state index is 0.0103. The normalized spacial score (nSPS) is 16.1. The van der Waals surface area contributed by atoms with Crippen molar-refractivity contribution in [1.82, 2.24) is 9.97 Å². The Bertz CT molecular complexity index is 1230. The molecule has 2 heterocycles. The first kappa shape index (κ1) is 24.0. The maximum atomic E-state index is 12.7. The van der Waals surface area contributed by atoms with Crippen LogP contribution in [0, 0.1) is 0 Å². The fourth-order valence-corrected chi connectivity index (χ4v) is 3.86. The van der Waals surface area contributed by atoms with Gasteiger partial charge in [-0.2, -0.15) is 13.2 Å². The molecular formula is C24H22F3N5O3. The molecule has 1 aromatic heterocycles. The molecule has 0 saturated carbocycles. The lowest BCUT2D eigenvalue weighted by atomic mass is 10.0. The molecule has 0 aliphatic carbocycles. The maximum Gasteiger partial charge on any atom is 0.416 e. The van der Waals surface area contributed by atoms with E-state index in [0.29, 0.717) is 30.1 Å². The summed E-state index contributed by atoms with van der Waals surface area (Å²) < 4.78 is 43.8. The fourth-order valence-electron chi connectivity index (χ4n) is 3.86. The predicted molar refractivity (Wildman–Crippen MR) is 122 cm³/mol. The number of primary amides is 2. The van der Waals surface area contributed by atoms with Crippen molar-refractivity contribution in [2.24, 2.45) is 11.5 Å². The van der Waals surface area contributed by atoms with E-state index in [9.17, 15) is 22.8 Å². The summed E-state index contributed by atoms with van der Waals surface area (Å²) in [5, 5.41) is 0. The first-order valence-corrected chi connectivity index (χ1v) is 10.8. The molecule has 4 rings (SSSR count). The van der Waals surface area contributed by atoms with Crippen molar-refractivity contribution in [3.63, 3.8) is 0 Å². The number of piperidine rings is 1. The summed E-state index contributed by atoms with van der Waals surface area (Å²) in [4.78, 5) is 34.4. The maximum absolute atomic E-state index is 12.7. The van der Waals surface area contributed by atoms with Crippen molar-refractivity contribution < 1.29 is 27.5 Å². The highest BCUT2D eigenvalue weighted by atomic mass is 19.4. The Balaban J connectivity index is 1.60. The van der Waals surface area contributed by atoms with Gasteiger partial charge < -0.3 is 21.1 Å². The fraction of sp³-hybridized carbons (Fsp3) is 0.250. The monoisotopic (exact) mass is 485 g/mol. The lowest BCUT2D eigenvalue weighted by molar-refractivity contribution is -0.137. The molecule has 1 aliphatic heterocycles. The lowest BCUT2D eigenvalue weighted by Gasteiger charge is -2.34. The van der Waals surface area contributed by atoms with Crippen LogP contribution in [-0.2, 0) is 11.0 Å². The molecule has 2 amide bonds. The van der Waals surface area contributed by atoms with Crippen LogP contribution in [0.15, 0.2) is 54.6 Å². The molecule has 0 radical (unpaired) electrons. The molecule has 2 aromatic carbocycles. The van der Waals surface area contributed by atoms with Gasteiger partial charge in [0.05, 0.1) is 5.56 Å². The summed E-state index contributed by atoms with van der Waals surface area (Å²) in [6.45, 7) is 0.544. The van der Waals surface area contributed by atoms with Crippen LogP contribution in [-0.4, -0.2) is 34.4 Å². The number of ether oxygens (including phenoxy) is 1. The van der Waals surface area contributed by atoms with Crippen LogP contribution in [0.2, 0.25) is 0 Å². The molecule has 1 aliphatic rings. The number of halogens is 3. The molecule has 8 nitrogen and oxygen atoms in total. The van der Waals surface area contributed by atoms with Gasteiger partial charge in [-0.1, -0.05) is 0 Å². The van der Waals surface area contributed by atoms with Crippen LogP contribution in [0.5, 0.6) is 11.5 Å². The first-order chi connectivity index (χ1) is 16.6. The van der Waals surface area contributed by atoms with Crippen LogP contribution in [0.1, 0.15) is 35.3 Å². The molecule has 4 N–H and O–H groups in total. The molecule has 3 aromatic rings. The van der Waals surface area contributed by atoms with Crippen LogP contribution in [0.25, 0.3) is 11.4 Å². The molecule has 0 bridgehead atoms. The van der Waals surface area contributed by atoms with Gasteiger partial charge in [-0.3, -0.25) is 9.59 Å². The highest BCUT2D eigenvalue weighted by molar-refractivity contribution is 5.92. The summed E-state index contributed by atoms with van der Waals surface area (Å²) in [6, 6.07) is 11.7. The van der Waals surface area contributed by atoms with Crippen LogP contribution >= 0.6 is 0 Å². The third-order valence-corrected chi connectivity index (χ3v) is 5.62. The Labute approximate surface area is 198 Å². The van der Waals surface area contributed by atoms with Crippen LogP contribution in [0.4, 0.5) is 19.0 Å². The number of carbonyl (C=O) groups excluding carboxylic acids is 2. The highest BCUT2D eigenvalue weighted by Crippen LogP contribution is 2.32. The van der Waals surface area contributed by atoms with E-state index in [4.69, 9.17) is 16.2 Å². The first-order valence-electron chi connectivity index (χ1n) is 10.8. The molecule has 1 saturated heterocycles. The standard InChI is InChI=1S/C24H22F3N5O3/c25-24(26,27)15-6-10-17(11-7-15)35-16-8-4-14(5-9-16)23-30-18(21(28)33)13-20(31-23)32-12-2-1-3-19(32)22(29)34/h4-11,13,19H,1-3,12H2,(H2,28,33)(H2,29,34). The highest BCUT2D eigenvalue weighted by Gasteiger charge is 2.30. The zero-order valence-corrected chi connectivity index (χ0v) is 18.5. The quantitative estimate of drug-likeness (QED) is 0.546. The van der Waals surface area contributed by atoms with E-state index in [1.165, 1.54) is 18.2 Å². The van der Waals surface area contributed by atoms with Crippen molar-refractivity contribution >= 4 is 17.6 Å². The van der Waals surface area contributed by atoms with Crippen LogP contribution < -0.4 is 21.1 Å². The van der Waals surface area contributed by atoms with Gasteiger partial charge in [0.1, 0.15) is 29.1 Å². The molecule has 1 atom stereocenters. The van der Waals surface area contributed by atoms with E-state index in [1.54, 1.807) is 29.2 Å². The Hall–Kier alpha value is -4.15. The van der Waals surface area contributed by atoms with E-state index in [0.717, 1.165) is 25.0 Å². The number of benzene rings is 2. The van der Waals surface area contributed by atoms with E-state index in [-0.39, 0.29) is 17.3 Å². The number of alkyl halides is 3. The average Bonchev–Trinajstić information content (AvgIpc) is 2.84. The molecule has 182 valence electrons. The van der Waals surface area contributed by atoms with E-state index in [2.05, 4.69) is 9.97 Å². The smallest absolute Gasteiger partial charge is 0.416 e. The number of nitrogens with two attached hydrogens (primary N) is 2. The van der Waals surface area contributed by atoms with E-state index in [1.807, 2.05) is 0 Å². The Morgan fingerprint density at radius 2 is 1.57 bits per heavy atom. The van der Waals surface area contributed by atoms with Gasteiger partial charge in [0.25, 0.3) is 5.91 Å². The topological polar surface area (TPSA) is 124 Å². The van der Waals surface area contributed by atoms with Crippen molar-refractivity contribution in [2.45, 2.75) is 31.5 Å². The number of nitrogens with zero attached hydrogens (tertiary/aromatic N) is 3. The second-order valence-electron chi connectivity index (χ2n) is 8.06. The number of rotatable bonds is 6. The Morgan fingerprint density at radius 3 is 2.14 bits per heavy atom. The van der Waals surface area contributed by atoms with Gasteiger partial charge in [-0.15, -0.1) is 0 Å². The van der Waals surface area contributed by atoms with Gasteiger partial charge in [0, 0.05) is 18.2 Å². The molecule has 11 heteroatoms. The summed E-state index contributed by atoms with van der Waals surface area (Å²) >= 11 is 0. The Morgan fingerprint density at radius 1 is 0.943 bits per heavy atom. The van der Waals surface area contributed by atoms with Gasteiger partial charge in [0.15, 0.2) is 5.82 Å². The van der Waals surface area contributed by atoms with Gasteiger partial charge in [-0.05, 0) is 67.8 Å². The number of hydrogen-bond donors (Lipinski definition) is 2. The SMILES string of the molecule is NC(=O)c1cc(N2CCCCC2C(N)=O)nc(-c2ccc(Oc3ccc(C(F)(F)F)cc3)cc2)n1. The minimum Gasteiger partial charge on any atom is -0.457 e. The van der Waals surface area contributed by atoms with Gasteiger partial charge >= 0.3 is 6.18 Å². The van der Waals surface area contributed by atoms with Crippen molar-refractivity contribution in [2.75, 3.05) is 11.4 Å². The zero-order valence-electron chi connectivity index (χ0n) is 18.5. The lowest BCUT2D eigenvalue weighted by Crippen LogP contribution is -2.48. The van der Waals surface area contributed by atoms with Crippen molar-refractivity contribution in [1.29, 1.82) is 0 Å². The second-order valence-corrected chi connectivity index (χ2v) is 8.06. The summed E-state index contributed by atoms with van der Waals surface area (Å²) in [7, 11) is 0. The van der Waals surface area contributed by atoms with E-state index >= 15 is 0 Å². The minimum atomic E-state index is -4.43. The summed E-state index contributed by atoms with van der Waals surface area (Å²) in [5.41, 5.74) is 10.8. The third-order valence-electron chi connectivity index (χ3n) is 5.62. The largest absolute Gasteiger partial charge is 0.457 e. The van der Waals surface area contributed by atoms with Gasteiger partial charge in [0.2, 0.25) is 5.91 Å². The second kappa shape index (κ2) is 9.61. The molecular weight excluding hydrogens is 463 g/mol. The number of amides is 2. The summed E-state index contributed by atoms with van der Waals surface area (Å²) in [5.74, 6) is -0.0178. The van der Waals surface area contributed by atoms with E-state index < -0.39 is 29.6 Å². The number of carbonyl (C=O) groups is 2. The number of hydrogen-bond acceptors (Lipinski definition) is 6. The van der Waals surface area contributed by atoms with Crippen LogP contribution in [0.3, 0.4) is 0 Å². The Kier molecular flexibility index (Phi) is 6.59. The number of aromatic nitrogens is 2. The summed E-state index contributed by atoms with van der Waals surface area (Å²) in [6.07, 6.45) is -2.16.